The standard InChI is InChI=1S/C13H8F3N5/c14-13(15,16)7-2-1-4-18-10(7)9-6-20-11-8(21-9)3-5-19-12(11)17/h1-6H,(H2,17,19). The van der Waals surface area contributed by atoms with Gasteiger partial charge in [-0.2, -0.15) is 13.2 Å². The second-order valence-electron chi connectivity index (χ2n) is 4.22. The highest BCUT2D eigenvalue weighted by atomic mass is 19.4. The Kier molecular flexibility index (Phi) is 2.93. The van der Waals surface area contributed by atoms with Crippen molar-refractivity contribution in [2.45, 2.75) is 6.18 Å². The Labute approximate surface area is 116 Å². The number of rotatable bonds is 1. The van der Waals surface area contributed by atoms with Gasteiger partial charge in [0.1, 0.15) is 16.9 Å². The molecule has 3 aromatic rings. The number of anilines is 1. The van der Waals surface area contributed by atoms with E-state index in [1.165, 1.54) is 30.7 Å². The molecule has 3 rings (SSSR count). The molecule has 0 radical (unpaired) electrons. The summed E-state index contributed by atoms with van der Waals surface area (Å²) in [5.41, 5.74) is 5.23. The maximum Gasteiger partial charge on any atom is 0.418 e. The van der Waals surface area contributed by atoms with E-state index in [-0.39, 0.29) is 17.2 Å². The number of hydrogen-bond acceptors (Lipinski definition) is 5. The van der Waals surface area contributed by atoms with Crippen LogP contribution < -0.4 is 5.73 Å². The van der Waals surface area contributed by atoms with E-state index in [2.05, 4.69) is 19.9 Å². The zero-order valence-corrected chi connectivity index (χ0v) is 10.5. The molecule has 0 bridgehead atoms. The van der Waals surface area contributed by atoms with Gasteiger partial charge in [-0.05, 0) is 18.2 Å². The molecule has 106 valence electrons. The molecule has 0 aliphatic carbocycles. The number of halogens is 3. The van der Waals surface area contributed by atoms with Crippen molar-refractivity contribution in [1.29, 1.82) is 0 Å². The molecule has 3 heterocycles. The first-order chi connectivity index (χ1) is 9.97. The molecule has 0 saturated heterocycles. The Bertz CT molecular complexity index is 816. The van der Waals surface area contributed by atoms with Gasteiger partial charge in [0.2, 0.25) is 0 Å². The minimum absolute atomic E-state index is 0.0287. The van der Waals surface area contributed by atoms with Gasteiger partial charge in [-0.25, -0.2) is 15.0 Å². The molecule has 0 aromatic carbocycles. The minimum Gasteiger partial charge on any atom is -0.382 e. The van der Waals surface area contributed by atoms with Gasteiger partial charge in [0, 0.05) is 12.4 Å². The van der Waals surface area contributed by atoms with Crippen LogP contribution in [0.3, 0.4) is 0 Å². The van der Waals surface area contributed by atoms with Crippen LogP contribution in [0.2, 0.25) is 0 Å². The second kappa shape index (κ2) is 4.65. The summed E-state index contributed by atoms with van der Waals surface area (Å²) in [5, 5.41) is 0. The van der Waals surface area contributed by atoms with E-state index in [1.54, 1.807) is 0 Å². The molecule has 21 heavy (non-hydrogen) atoms. The van der Waals surface area contributed by atoms with Crippen LogP contribution in [0.25, 0.3) is 22.4 Å². The highest BCUT2D eigenvalue weighted by molar-refractivity contribution is 5.85. The van der Waals surface area contributed by atoms with Crippen molar-refractivity contribution in [2.75, 3.05) is 5.73 Å². The van der Waals surface area contributed by atoms with Crippen molar-refractivity contribution in [3.8, 4) is 11.4 Å². The van der Waals surface area contributed by atoms with E-state index in [4.69, 9.17) is 5.73 Å². The molecular formula is C13H8F3N5. The van der Waals surface area contributed by atoms with E-state index in [0.717, 1.165) is 6.07 Å². The normalized spacial score (nSPS) is 11.8. The smallest absolute Gasteiger partial charge is 0.382 e. The summed E-state index contributed by atoms with van der Waals surface area (Å²) in [6.07, 6.45) is -0.619. The van der Waals surface area contributed by atoms with Crippen LogP contribution in [0.4, 0.5) is 19.0 Å². The lowest BCUT2D eigenvalue weighted by Gasteiger charge is -2.11. The van der Waals surface area contributed by atoms with Crippen LogP contribution in [0.15, 0.2) is 36.8 Å². The zero-order chi connectivity index (χ0) is 15.0. The number of nitrogens with zero attached hydrogens (tertiary/aromatic N) is 4. The van der Waals surface area contributed by atoms with E-state index < -0.39 is 11.7 Å². The third-order valence-electron chi connectivity index (χ3n) is 2.84. The summed E-state index contributed by atoms with van der Waals surface area (Å²) in [6, 6.07) is 3.70. The van der Waals surface area contributed by atoms with Crippen LogP contribution in [0.1, 0.15) is 5.56 Å². The number of alkyl halides is 3. The Morgan fingerprint density at radius 2 is 1.81 bits per heavy atom. The number of pyridine rings is 2. The Morgan fingerprint density at radius 3 is 2.57 bits per heavy atom. The van der Waals surface area contributed by atoms with Gasteiger partial charge in [-0.1, -0.05) is 0 Å². The number of hydrogen-bond donors (Lipinski definition) is 1. The predicted octanol–water partition coefficient (Wildman–Crippen LogP) is 2.69. The number of nitrogen functional groups attached to an aromatic ring is 1. The monoisotopic (exact) mass is 291 g/mol. The lowest BCUT2D eigenvalue weighted by molar-refractivity contribution is -0.137. The van der Waals surface area contributed by atoms with Crippen LogP contribution in [-0.2, 0) is 6.18 Å². The van der Waals surface area contributed by atoms with E-state index in [9.17, 15) is 13.2 Å². The summed E-state index contributed by atoms with van der Waals surface area (Å²) in [6.45, 7) is 0. The Hall–Kier alpha value is -2.77. The average molecular weight is 291 g/mol. The highest BCUT2D eigenvalue weighted by Gasteiger charge is 2.34. The Morgan fingerprint density at radius 1 is 1.00 bits per heavy atom. The molecule has 0 aliphatic rings. The fourth-order valence-corrected chi connectivity index (χ4v) is 1.92. The summed E-state index contributed by atoms with van der Waals surface area (Å²) < 4.78 is 39.0. The molecule has 0 unspecified atom stereocenters. The van der Waals surface area contributed by atoms with Crippen LogP contribution in [-0.4, -0.2) is 19.9 Å². The largest absolute Gasteiger partial charge is 0.418 e. The van der Waals surface area contributed by atoms with Crippen molar-refractivity contribution in [3.05, 3.63) is 42.4 Å². The van der Waals surface area contributed by atoms with Crippen LogP contribution in [0.5, 0.6) is 0 Å². The van der Waals surface area contributed by atoms with Crippen molar-refractivity contribution in [1.82, 2.24) is 19.9 Å². The van der Waals surface area contributed by atoms with Gasteiger partial charge in [-0.15, -0.1) is 0 Å². The van der Waals surface area contributed by atoms with E-state index in [1.807, 2.05) is 0 Å². The predicted molar refractivity (Wildman–Crippen MR) is 70.0 cm³/mol. The second-order valence-corrected chi connectivity index (χ2v) is 4.22. The van der Waals surface area contributed by atoms with E-state index in [0.29, 0.717) is 11.0 Å². The maximum absolute atomic E-state index is 13.0. The molecule has 0 atom stereocenters. The Balaban J connectivity index is 2.22. The molecule has 0 amide bonds. The summed E-state index contributed by atoms with van der Waals surface area (Å²) in [5.74, 6) is 0.170. The lowest BCUT2D eigenvalue weighted by Crippen LogP contribution is -2.09. The van der Waals surface area contributed by atoms with Gasteiger partial charge in [0.05, 0.1) is 17.3 Å². The van der Waals surface area contributed by atoms with Gasteiger partial charge < -0.3 is 5.73 Å². The van der Waals surface area contributed by atoms with Crippen molar-refractivity contribution < 1.29 is 13.2 Å². The summed E-state index contributed by atoms with van der Waals surface area (Å²) in [7, 11) is 0. The van der Waals surface area contributed by atoms with Gasteiger partial charge in [0.25, 0.3) is 0 Å². The first-order valence-electron chi connectivity index (χ1n) is 5.86. The van der Waals surface area contributed by atoms with Crippen molar-refractivity contribution in [3.63, 3.8) is 0 Å². The quantitative estimate of drug-likeness (QED) is 0.745. The number of fused-ring (bicyclic) bond motifs is 1. The first-order valence-corrected chi connectivity index (χ1v) is 5.86. The van der Waals surface area contributed by atoms with Gasteiger partial charge in [0.15, 0.2) is 5.82 Å². The fraction of sp³-hybridized carbons (Fsp3) is 0.0769. The topological polar surface area (TPSA) is 77.6 Å². The number of aromatic nitrogens is 4. The molecule has 8 heteroatoms. The van der Waals surface area contributed by atoms with E-state index >= 15 is 0 Å². The molecule has 5 nitrogen and oxygen atoms in total. The summed E-state index contributed by atoms with van der Waals surface area (Å²) in [4.78, 5) is 15.8. The molecule has 2 N–H and O–H groups in total. The third kappa shape index (κ3) is 2.35. The molecule has 0 saturated carbocycles. The van der Waals surface area contributed by atoms with Crippen LogP contribution >= 0.6 is 0 Å². The SMILES string of the molecule is Nc1nccc2nc(-c3ncccc3C(F)(F)F)cnc12. The molecule has 0 spiro atoms. The van der Waals surface area contributed by atoms with Crippen molar-refractivity contribution >= 4 is 16.9 Å². The third-order valence-corrected chi connectivity index (χ3v) is 2.84. The van der Waals surface area contributed by atoms with Gasteiger partial charge in [-0.3, -0.25) is 4.98 Å². The molecule has 3 aromatic heterocycles. The lowest BCUT2D eigenvalue weighted by atomic mass is 10.1. The fourth-order valence-electron chi connectivity index (χ4n) is 1.92. The molecular weight excluding hydrogens is 283 g/mol. The average Bonchev–Trinajstić information content (AvgIpc) is 2.46. The zero-order valence-electron chi connectivity index (χ0n) is 10.5. The molecule has 0 fully saturated rings. The highest BCUT2D eigenvalue weighted by Crippen LogP contribution is 2.35. The maximum atomic E-state index is 13.0. The van der Waals surface area contributed by atoms with Gasteiger partial charge >= 0.3 is 6.18 Å². The minimum atomic E-state index is -4.52. The number of nitrogens with two attached hydrogens (primary N) is 1. The van der Waals surface area contributed by atoms with Crippen LogP contribution in [0, 0.1) is 0 Å². The molecule has 0 aliphatic heterocycles. The first kappa shape index (κ1) is 13.2. The summed E-state index contributed by atoms with van der Waals surface area (Å²) >= 11 is 0. The van der Waals surface area contributed by atoms with Crippen molar-refractivity contribution in [2.24, 2.45) is 0 Å².